The number of para-hydroxylation sites is 1. The Hall–Kier alpha value is -1.05. The molecule has 17 heavy (non-hydrogen) atoms. The molecule has 0 saturated heterocycles. The zero-order chi connectivity index (χ0) is 12.5. The van der Waals surface area contributed by atoms with Crippen molar-refractivity contribution in [1.82, 2.24) is 0 Å². The second kappa shape index (κ2) is 4.67. The summed E-state index contributed by atoms with van der Waals surface area (Å²) in [7, 11) is -3.62. The van der Waals surface area contributed by atoms with E-state index in [2.05, 4.69) is 20.7 Å². The average molecular weight is 334 g/mol. The molecule has 2 aromatic rings. The molecule has 1 aromatic heterocycles. The van der Waals surface area contributed by atoms with Gasteiger partial charge in [0.25, 0.3) is 10.0 Å². The molecule has 0 aliphatic heterocycles. The van der Waals surface area contributed by atoms with Gasteiger partial charge in [-0.25, -0.2) is 8.42 Å². The van der Waals surface area contributed by atoms with Crippen molar-refractivity contribution in [3.63, 3.8) is 0 Å². The van der Waals surface area contributed by atoms with Crippen LogP contribution in [0.2, 0.25) is 0 Å². The highest BCUT2D eigenvalue weighted by atomic mass is 79.9. The Kier molecular flexibility index (Phi) is 3.41. The van der Waals surface area contributed by atoms with Crippen LogP contribution in [0.5, 0.6) is 5.75 Å². The predicted molar refractivity (Wildman–Crippen MR) is 70.9 cm³/mol. The molecule has 7 heteroatoms. The van der Waals surface area contributed by atoms with Crippen LogP contribution in [0.15, 0.2) is 44.4 Å². The summed E-state index contributed by atoms with van der Waals surface area (Å²) in [5.74, 6) is -0.132. The second-order valence-electron chi connectivity index (χ2n) is 3.17. The van der Waals surface area contributed by atoms with E-state index in [0.717, 1.165) is 11.3 Å². The maximum atomic E-state index is 11.9. The van der Waals surface area contributed by atoms with Gasteiger partial charge in [0.05, 0.1) is 10.2 Å². The molecule has 1 heterocycles. The maximum absolute atomic E-state index is 11.9. The van der Waals surface area contributed by atoms with Crippen LogP contribution in [0.1, 0.15) is 0 Å². The molecular formula is C10H8BrNO3S2. The van der Waals surface area contributed by atoms with Gasteiger partial charge in [-0.2, -0.15) is 0 Å². The molecule has 0 amide bonds. The molecule has 0 aliphatic rings. The van der Waals surface area contributed by atoms with Crippen molar-refractivity contribution in [2.24, 2.45) is 0 Å². The van der Waals surface area contributed by atoms with Crippen LogP contribution in [0.25, 0.3) is 0 Å². The zero-order valence-corrected chi connectivity index (χ0v) is 11.6. The van der Waals surface area contributed by atoms with Gasteiger partial charge in [-0.05, 0) is 39.5 Å². The fourth-order valence-corrected chi connectivity index (χ4v) is 3.63. The van der Waals surface area contributed by atoms with Crippen LogP contribution in [0.3, 0.4) is 0 Å². The number of benzene rings is 1. The highest BCUT2D eigenvalue weighted by Crippen LogP contribution is 2.33. The highest BCUT2D eigenvalue weighted by molar-refractivity contribution is 9.10. The Labute approximate surface area is 111 Å². The van der Waals surface area contributed by atoms with Gasteiger partial charge in [0.15, 0.2) is 5.75 Å². The van der Waals surface area contributed by atoms with E-state index in [0.29, 0.717) is 4.47 Å². The minimum Gasteiger partial charge on any atom is -0.505 e. The summed E-state index contributed by atoms with van der Waals surface area (Å²) < 4.78 is 26.8. The third-order valence-electron chi connectivity index (χ3n) is 1.99. The number of hydrogen-bond acceptors (Lipinski definition) is 4. The van der Waals surface area contributed by atoms with Gasteiger partial charge in [-0.1, -0.05) is 12.1 Å². The Balaban J connectivity index is 2.37. The number of sulfonamides is 1. The molecule has 2 N–H and O–H groups in total. The first-order valence-corrected chi connectivity index (χ1v) is 7.70. The number of nitrogens with one attached hydrogen (secondary N) is 1. The Morgan fingerprint density at radius 1 is 1.24 bits per heavy atom. The molecule has 1 aromatic carbocycles. The van der Waals surface area contributed by atoms with Crippen LogP contribution in [-0.2, 0) is 10.0 Å². The number of halogens is 1. The van der Waals surface area contributed by atoms with Gasteiger partial charge in [0.1, 0.15) is 4.21 Å². The molecule has 0 radical (unpaired) electrons. The van der Waals surface area contributed by atoms with E-state index >= 15 is 0 Å². The van der Waals surface area contributed by atoms with E-state index in [1.54, 1.807) is 23.6 Å². The number of phenols is 1. The van der Waals surface area contributed by atoms with E-state index in [9.17, 15) is 13.5 Å². The average Bonchev–Trinajstić information content (AvgIpc) is 2.78. The first-order chi connectivity index (χ1) is 8.00. The largest absolute Gasteiger partial charge is 0.505 e. The topological polar surface area (TPSA) is 66.4 Å². The minimum absolute atomic E-state index is 0.132. The van der Waals surface area contributed by atoms with Gasteiger partial charge in [-0.3, -0.25) is 4.72 Å². The van der Waals surface area contributed by atoms with Gasteiger partial charge in [0.2, 0.25) is 0 Å². The minimum atomic E-state index is -3.62. The fraction of sp³-hybridized carbons (Fsp3) is 0. The molecule has 90 valence electrons. The third-order valence-corrected chi connectivity index (χ3v) is 5.39. The summed E-state index contributed by atoms with van der Waals surface area (Å²) in [5, 5.41) is 11.4. The van der Waals surface area contributed by atoms with Gasteiger partial charge in [-0.15, -0.1) is 11.3 Å². The smallest absolute Gasteiger partial charge is 0.271 e. The van der Waals surface area contributed by atoms with E-state index in [1.165, 1.54) is 12.1 Å². The lowest BCUT2D eigenvalue weighted by Crippen LogP contribution is -2.11. The molecular weight excluding hydrogens is 326 g/mol. The summed E-state index contributed by atoms with van der Waals surface area (Å²) in [6.45, 7) is 0. The van der Waals surface area contributed by atoms with Crippen LogP contribution >= 0.6 is 27.3 Å². The highest BCUT2D eigenvalue weighted by Gasteiger charge is 2.17. The van der Waals surface area contributed by atoms with Crippen molar-refractivity contribution in [3.05, 3.63) is 40.2 Å². The molecule has 0 fully saturated rings. The maximum Gasteiger partial charge on any atom is 0.271 e. The zero-order valence-electron chi connectivity index (χ0n) is 8.42. The fourth-order valence-electron chi connectivity index (χ4n) is 1.21. The first-order valence-electron chi connectivity index (χ1n) is 4.54. The standard InChI is InChI=1S/C10H8BrNO3S2/c11-7-3-1-4-8(10(7)13)12-17(14,15)9-5-2-6-16-9/h1-6,12-13H. The van der Waals surface area contributed by atoms with Crippen molar-refractivity contribution in [3.8, 4) is 5.75 Å². The number of anilines is 1. The normalized spacial score (nSPS) is 11.4. The number of rotatable bonds is 3. The molecule has 4 nitrogen and oxygen atoms in total. The first kappa shape index (κ1) is 12.4. The molecule has 0 spiro atoms. The van der Waals surface area contributed by atoms with E-state index < -0.39 is 10.0 Å². The monoisotopic (exact) mass is 333 g/mol. The second-order valence-corrected chi connectivity index (χ2v) is 6.88. The van der Waals surface area contributed by atoms with Crippen molar-refractivity contribution in [2.75, 3.05) is 4.72 Å². The van der Waals surface area contributed by atoms with Crippen LogP contribution in [-0.4, -0.2) is 13.5 Å². The van der Waals surface area contributed by atoms with Crippen molar-refractivity contribution in [2.45, 2.75) is 4.21 Å². The van der Waals surface area contributed by atoms with E-state index in [4.69, 9.17) is 0 Å². The summed E-state index contributed by atoms with van der Waals surface area (Å²) >= 11 is 4.24. The predicted octanol–water partition coefficient (Wildman–Crippen LogP) is 3.02. The van der Waals surface area contributed by atoms with Crippen LogP contribution in [0.4, 0.5) is 5.69 Å². The summed E-state index contributed by atoms with van der Waals surface area (Å²) in [6, 6.07) is 7.90. The third kappa shape index (κ3) is 2.62. The van der Waals surface area contributed by atoms with Crippen molar-refractivity contribution >= 4 is 43.0 Å². The van der Waals surface area contributed by atoms with E-state index in [-0.39, 0.29) is 15.6 Å². The molecule has 0 atom stereocenters. The molecule has 0 unspecified atom stereocenters. The summed E-state index contributed by atoms with van der Waals surface area (Å²) in [4.78, 5) is 0. The Bertz CT molecular complexity index is 623. The van der Waals surface area contributed by atoms with Crippen LogP contribution < -0.4 is 4.72 Å². The molecule has 0 aliphatic carbocycles. The van der Waals surface area contributed by atoms with Crippen molar-refractivity contribution in [1.29, 1.82) is 0 Å². The van der Waals surface area contributed by atoms with E-state index in [1.807, 2.05) is 0 Å². The number of aromatic hydroxyl groups is 1. The number of thiophene rings is 1. The number of hydrogen-bond donors (Lipinski definition) is 2. The lowest BCUT2D eigenvalue weighted by Gasteiger charge is -2.08. The quantitative estimate of drug-likeness (QED) is 0.848. The molecule has 0 bridgehead atoms. The van der Waals surface area contributed by atoms with Crippen LogP contribution in [0, 0.1) is 0 Å². The Morgan fingerprint density at radius 3 is 2.65 bits per heavy atom. The van der Waals surface area contributed by atoms with Crippen molar-refractivity contribution < 1.29 is 13.5 Å². The van der Waals surface area contributed by atoms with Gasteiger partial charge in [0, 0.05) is 0 Å². The van der Waals surface area contributed by atoms with Gasteiger partial charge < -0.3 is 5.11 Å². The summed E-state index contributed by atoms with van der Waals surface area (Å²) in [5.41, 5.74) is 0.146. The molecule has 0 saturated carbocycles. The number of phenolic OH excluding ortho intramolecular Hbond substituents is 1. The molecule has 2 rings (SSSR count). The Morgan fingerprint density at radius 2 is 2.00 bits per heavy atom. The SMILES string of the molecule is O=S(=O)(Nc1cccc(Br)c1O)c1cccs1. The lowest BCUT2D eigenvalue weighted by molar-refractivity contribution is 0.474. The van der Waals surface area contributed by atoms with Gasteiger partial charge >= 0.3 is 0 Å². The summed E-state index contributed by atoms with van der Waals surface area (Å²) in [6.07, 6.45) is 0. The lowest BCUT2D eigenvalue weighted by atomic mass is 10.3.